The van der Waals surface area contributed by atoms with E-state index < -0.39 is 0 Å². The number of hydrogen-bond donors (Lipinski definition) is 0. The average Bonchev–Trinajstić information content (AvgIpc) is 3.75. The van der Waals surface area contributed by atoms with Crippen LogP contribution >= 0.6 is 0 Å². The molecule has 0 aliphatic rings. The van der Waals surface area contributed by atoms with Gasteiger partial charge in [0, 0.05) is 49.7 Å². The van der Waals surface area contributed by atoms with Crippen molar-refractivity contribution in [3.8, 4) is 102 Å². The number of hydrogen-bond acceptors (Lipinski definition) is 5. The lowest BCUT2D eigenvalue weighted by Crippen LogP contribution is -2.04. The molecule has 11 rings (SSSR count). The third-order valence-electron chi connectivity index (χ3n) is 12.6. The van der Waals surface area contributed by atoms with E-state index in [1.165, 1.54) is 0 Å². The molecule has 0 unspecified atom stereocenters. The van der Waals surface area contributed by atoms with E-state index in [4.69, 9.17) is 16.5 Å². The Bertz CT molecular complexity index is 3720. The minimum absolute atomic E-state index is 0.488. The van der Waals surface area contributed by atoms with Crippen molar-refractivity contribution in [1.29, 1.82) is 15.8 Å². The van der Waals surface area contributed by atoms with Gasteiger partial charge in [-0.1, -0.05) is 146 Å². The van der Waals surface area contributed by atoms with Gasteiger partial charge in [-0.2, -0.15) is 15.8 Å². The molecule has 0 saturated carbocycles. The fourth-order valence-corrected chi connectivity index (χ4v) is 9.22. The Morgan fingerprint density at radius 1 is 0.391 bits per heavy atom. The maximum absolute atomic E-state index is 10.8. The van der Waals surface area contributed by atoms with Gasteiger partial charge in [-0.05, 0) is 89.0 Å². The highest BCUT2D eigenvalue weighted by atomic mass is 15.0. The van der Waals surface area contributed by atoms with E-state index in [2.05, 4.69) is 76.2 Å². The second kappa shape index (κ2) is 17.7. The summed E-state index contributed by atoms with van der Waals surface area (Å²) in [5, 5.41) is 33.2. The van der Waals surface area contributed by atoms with E-state index in [0.29, 0.717) is 45.0 Å². The Balaban J connectivity index is 1.27. The van der Waals surface area contributed by atoms with E-state index in [0.717, 1.165) is 83.3 Å². The molecule has 2 aromatic heterocycles. The number of rotatable bonds is 8. The van der Waals surface area contributed by atoms with Gasteiger partial charge in [-0.25, -0.2) is 14.8 Å². The first-order chi connectivity index (χ1) is 34.0. The smallest absolute Gasteiger partial charge is 0.187 e. The minimum atomic E-state index is 0.488. The van der Waals surface area contributed by atoms with Crippen molar-refractivity contribution in [2.45, 2.75) is 0 Å². The predicted octanol–water partition coefficient (Wildman–Crippen LogP) is 15.4. The van der Waals surface area contributed by atoms with Crippen LogP contribution in [0.5, 0.6) is 0 Å². The lowest BCUT2D eigenvalue weighted by molar-refractivity contribution is 1.17. The summed E-state index contributed by atoms with van der Waals surface area (Å²) in [7, 11) is 0. The first-order valence-corrected chi connectivity index (χ1v) is 22.3. The van der Waals surface area contributed by atoms with Crippen molar-refractivity contribution in [1.82, 2.24) is 14.5 Å². The van der Waals surface area contributed by atoms with Gasteiger partial charge in [0.05, 0.1) is 69.6 Å². The number of nitrogens with zero attached hydrogens (tertiary/aromatic N) is 7. The SMILES string of the molecule is [C-]#[N+]c1ccc(-c2ccc3c(c2)c2cc(-c4ccc(C#N)cc4)ccc2n3-c2c(-c3ccccc3C#N)cc(-c3cc(-c4ccccc4)nc(-c4ccccc4)n3)cc2-c2ccccc2C#N)cc1. The molecule has 0 bridgehead atoms. The Morgan fingerprint density at radius 2 is 0.855 bits per heavy atom. The maximum Gasteiger partial charge on any atom is 0.187 e. The first-order valence-electron chi connectivity index (χ1n) is 22.3. The number of benzene rings is 9. The molecule has 0 aliphatic heterocycles. The van der Waals surface area contributed by atoms with Gasteiger partial charge in [0.25, 0.3) is 0 Å². The fraction of sp³-hybridized carbons (Fsp3) is 0. The van der Waals surface area contributed by atoms with Crippen LogP contribution in [0.1, 0.15) is 16.7 Å². The minimum Gasteiger partial charge on any atom is -0.308 e. The van der Waals surface area contributed by atoms with E-state index in [1.807, 2.05) is 164 Å². The van der Waals surface area contributed by atoms with Crippen molar-refractivity contribution < 1.29 is 0 Å². The molecule has 0 saturated heterocycles. The zero-order valence-corrected chi connectivity index (χ0v) is 36.8. The first kappa shape index (κ1) is 41.5. The molecule has 7 nitrogen and oxygen atoms in total. The molecule has 0 amide bonds. The van der Waals surface area contributed by atoms with Crippen molar-refractivity contribution in [2.24, 2.45) is 0 Å². The molecule has 9 aromatic carbocycles. The van der Waals surface area contributed by atoms with Crippen molar-refractivity contribution in [3.63, 3.8) is 0 Å². The molecular weight excluding hydrogens is 843 g/mol. The molecule has 0 aliphatic carbocycles. The second-order valence-corrected chi connectivity index (χ2v) is 16.6. The van der Waals surface area contributed by atoms with E-state index in [1.54, 1.807) is 0 Å². The molecule has 0 N–H and O–H groups in total. The summed E-state index contributed by atoms with van der Waals surface area (Å²) in [4.78, 5) is 14.0. The quantitative estimate of drug-likeness (QED) is 0.141. The Morgan fingerprint density at radius 3 is 1.36 bits per heavy atom. The van der Waals surface area contributed by atoms with Gasteiger partial charge in [0.2, 0.25) is 0 Å². The number of fused-ring (bicyclic) bond motifs is 3. The zero-order chi connectivity index (χ0) is 46.8. The highest BCUT2D eigenvalue weighted by Gasteiger charge is 2.25. The normalized spacial score (nSPS) is 10.8. The highest BCUT2D eigenvalue weighted by Crippen LogP contribution is 2.46. The third-order valence-corrected chi connectivity index (χ3v) is 12.6. The van der Waals surface area contributed by atoms with Gasteiger partial charge in [-0.3, -0.25) is 0 Å². The molecule has 0 radical (unpaired) electrons. The molecule has 11 aromatic rings. The average molecular weight is 878 g/mol. The Labute approximate surface area is 398 Å². The number of aromatic nitrogens is 3. The second-order valence-electron chi connectivity index (χ2n) is 16.6. The Hall–Kier alpha value is -10.2. The van der Waals surface area contributed by atoms with Crippen LogP contribution in [0.25, 0.3) is 111 Å². The van der Waals surface area contributed by atoms with Crippen LogP contribution in [0, 0.1) is 40.6 Å². The standard InChI is InChI=1S/C62H35N7/c1-66-50-28-24-42(25-29-50)46-27-31-60-54(33-46)53-32-45(41-22-20-40(37-63)21-23-41)26-30-59(53)69(60)61-55(51-18-10-8-16-47(51)38-64)34-49(35-56(61)52-19-11-9-17-48(52)39-65)58-36-57(43-12-4-2-5-13-43)67-62(68-58)44-14-6-3-7-15-44/h2-36H. The molecule has 69 heavy (non-hydrogen) atoms. The van der Waals surface area contributed by atoms with Crippen LogP contribution in [-0.4, -0.2) is 14.5 Å². The van der Waals surface area contributed by atoms with Crippen molar-refractivity contribution in [3.05, 3.63) is 240 Å². The topological polar surface area (TPSA) is 106 Å². The maximum atomic E-state index is 10.8. The molecule has 0 spiro atoms. The molecular formula is C62H35N7. The number of nitriles is 3. The lowest BCUT2D eigenvalue weighted by atomic mass is 9.88. The van der Waals surface area contributed by atoms with Crippen LogP contribution in [-0.2, 0) is 0 Å². The van der Waals surface area contributed by atoms with Gasteiger partial charge < -0.3 is 4.57 Å². The van der Waals surface area contributed by atoms with Gasteiger partial charge in [0.1, 0.15) is 0 Å². The van der Waals surface area contributed by atoms with Crippen molar-refractivity contribution in [2.75, 3.05) is 0 Å². The molecule has 0 atom stereocenters. The summed E-state index contributed by atoms with van der Waals surface area (Å²) in [5.74, 6) is 0.564. The molecule has 2 heterocycles. The summed E-state index contributed by atoms with van der Waals surface area (Å²) in [5.41, 5.74) is 15.6. The Kier molecular flexibility index (Phi) is 10.6. The largest absolute Gasteiger partial charge is 0.308 e. The third kappa shape index (κ3) is 7.61. The lowest BCUT2D eigenvalue weighted by Gasteiger charge is -2.22. The van der Waals surface area contributed by atoms with Crippen LogP contribution in [0.4, 0.5) is 5.69 Å². The highest BCUT2D eigenvalue weighted by molar-refractivity contribution is 6.13. The van der Waals surface area contributed by atoms with Gasteiger partial charge in [-0.15, -0.1) is 0 Å². The van der Waals surface area contributed by atoms with E-state index >= 15 is 0 Å². The van der Waals surface area contributed by atoms with Crippen LogP contribution < -0.4 is 0 Å². The molecule has 7 heteroatoms. The van der Waals surface area contributed by atoms with Gasteiger partial charge in [0.15, 0.2) is 11.5 Å². The summed E-state index contributed by atoms with van der Waals surface area (Å²) in [6, 6.07) is 76.7. The molecule has 318 valence electrons. The van der Waals surface area contributed by atoms with E-state index in [9.17, 15) is 15.8 Å². The monoisotopic (exact) mass is 877 g/mol. The van der Waals surface area contributed by atoms with E-state index in [-0.39, 0.29) is 0 Å². The predicted molar refractivity (Wildman–Crippen MR) is 275 cm³/mol. The van der Waals surface area contributed by atoms with Crippen LogP contribution in [0.2, 0.25) is 0 Å². The zero-order valence-electron chi connectivity index (χ0n) is 36.8. The van der Waals surface area contributed by atoms with Crippen LogP contribution in [0.3, 0.4) is 0 Å². The van der Waals surface area contributed by atoms with Gasteiger partial charge >= 0.3 is 0 Å². The summed E-state index contributed by atoms with van der Waals surface area (Å²) >= 11 is 0. The van der Waals surface area contributed by atoms with Crippen LogP contribution in [0.15, 0.2) is 212 Å². The summed E-state index contributed by atoms with van der Waals surface area (Å²) in [6.45, 7) is 7.54. The fourth-order valence-electron chi connectivity index (χ4n) is 9.22. The summed E-state index contributed by atoms with van der Waals surface area (Å²) in [6.07, 6.45) is 0. The summed E-state index contributed by atoms with van der Waals surface area (Å²) < 4.78 is 2.26. The molecule has 0 fully saturated rings. The van der Waals surface area contributed by atoms with Crippen molar-refractivity contribution >= 4 is 27.5 Å².